The summed E-state index contributed by atoms with van der Waals surface area (Å²) in [5.74, 6) is 2.10. The van der Waals surface area contributed by atoms with Gasteiger partial charge in [-0.1, -0.05) is 25.5 Å². The highest BCUT2D eigenvalue weighted by atomic mass is 16.3. The quantitative estimate of drug-likeness (QED) is 0.565. The second-order valence-electron chi connectivity index (χ2n) is 5.36. The number of rotatable bonds is 0. The molecule has 72 valence electrons. The summed E-state index contributed by atoms with van der Waals surface area (Å²) < 4.78 is 0. The number of allylic oxidation sites excluding steroid dienone is 1. The summed E-state index contributed by atoms with van der Waals surface area (Å²) in [6.45, 7) is 2.30. The molecular formula is C12H18O. The first-order valence-corrected chi connectivity index (χ1v) is 5.58. The Kier molecular flexibility index (Phi) is 1.48. The van der Waals surface area contributed by atoms with E-state index in [9.17, 15) is 5.11 Å². The van der Waals surface area contributed by atoms with Crippen LogP contribution in [0.25, 0.3) is 0 Å². The first kappa shape index (κ1) is 8.05. The molecule has 0 amide bonds. The van der Waals surface area contributed by atoms with Crippen LogP contribution in [0.1, 0.15) is 32.6 Å². The Morgan fingerprint density at radius 2 is 2.23 bits per heavy atom. The van der Waals surface area contributed by atoms with Crippen LogP contribution in [0.15, 0.2) is 12.2 Å². The average molecular weight is 178 g/mol. The van der Waals surface area contributed by atoms with Crippen LogP contribution in [0, 0.1) is 23.2 Å². The largest absolute Gasteiger partial charge is 0.392 e. The standard InChI is InChI=1S/C12H18O/c1-12-7-3-5-9(11(12)13)8-4-2-6-10(8)12/h3,5,8-11,13H,2,4,6-7H2,1H3/t8-,9+,10-,11?,12-/m0/s1. The fourth-order valence-corrected chi connectivity index (χ4v) is 4.16. The molecule has 1 N–H and O–H groups in total. The highest BCUT2D eigenvalue weighted by Gasteiger charge is 2.58. The molecule has 0 aromatic rings. The molecule has 0 spiro atoms. The minimum atomic E-state index is -0.0483. The Morgan fingerprint density at radius 3 is 3.08 bits per heavy atom. The molecule has 13 heavy (non-hydrogen) atoms. The Bertz CT molecular complexity index is 258. The van der Waals surface area contributed by atoms with Crippen LogP contribution in [0.3, 0.4) is 0 Å². The molecule has 2 bridgehead atoms. The minimum absolute atomic E-state index is 0.0483. The molecule has 0 radical (unpaired) electrons. The van der Waals surface area contributed by atoms with Crippen molar-refractivity contribution < 1.29 is 5.11 Å². The summed E-state index contributed by atoms with van der Waals surface area (Å²) in [5.41, 5.74) is 0.223. The van der Waals surface area contributed by atoms with E-state index in [2.05, 4.69) is 19.1 Å². The topological polar surface area (TPSA) is 20.2 Å². The normalized spacial score (nSPS) is 58.3. The molecule has 0 aliphatic heterocycles. The van der Waals surface area contributed by atoms with Gasteiger partial charge in [0.1, 0.15) is 0 Å². The van der Waals surface area contributed by atoms with Gasteiger partial charge in [-0.3, -0.25) is 0 Å². The van der Waals surface area contributed by atoms with Crippen LogP contribution in [0.4, 0.5) is 0 Å². The van der Waals surface area contributed by atoms with Gasteiger partial charge in [0.25, 0.3) is 0 Å². The maximum absolute atomic E-state index is 10.2. The van der Waals surface area contributed by atoms with Crippen molar-refractivity contribution in [1.82, 2.24) is 0 Å². The van der Waals surface area contributed by atoms with E-state index in [1.54, 1.807) is 0 Å². The van der Waals surface area contributed by atoms with Crippen LogP contribution in [-0.4, -0.2) is 11.2 Å². The van der Waals surface area contributed by atoms with Gasteiger partial charge in [-0.25, -0.2) is 0 Å². The van der Waals surface area contributed by atoms with Gasteiger partial charge in [-0.05, 0) is 31.1 Å². The van der Waals surface area contributed by atoms with Crippen LogP contribution in [0.5, 0.6) is 0 Å². The lowest BCUT2D eigenvalue weighted by Crippen LogP contribution is -2.35. The van der Waals surface area contributed by atoms with E-state index in [1.807, 2.05) is 0 Å². The van der Waals surface area contributed by atoms with Crippen molar-refractivity contribution in [3.05, 3.63) is 12.2 Å². The molecule has 2 saturated carbocycles. The Hall–Kier alpha value is -0.300. The Balaban J connectivity index is 2.05. The van der Waals surface area contributed by atoms with Gasteiger partial charge in [0.2, 0.25) is 0 Å². The van der Waals surface area contributed by atoms with Gasteiger partial charge < -0.3 is 5.11 Å². The highest BCUT2D eigenvalue weighted by molar-refractivity contribution is 5.18. The maximum atomic E-state index is 10.2. The Morgan fingerprint density at radius 1 is 1.38 bits per heavy atom. The summed E-state index contributed by atoms with van der Waals surface area (Å²) in [7, 11) is 0. The average Bonchev–Trinajstić information content (AvgIpc) is 2.61. The van der Waals surface area contributed by atoms with Gasteiger partial charge in [0.05, 0.1) is 6.10 Å². The van der Waals surface area contributed by atoms with Crippen molar-refractivity contribution in [3.63, 3.8) is 0 Å². The predicted molar refractivity (Wildman–Crippen MR) is 52.2 cm³/mol. The fraction of sp³-hybridized carbons (Fsp3) is 0.833. The van der Waals surface area contributed by atoms with Crippen molar-refractivity contribution in [2.24, 2.45) is 23.2 Å². The van der Waals surface area contributed by atoms with Gasteiger partial charge in [0, 0.05) is 11.3 Å². The van der Waals surface area contributed by atoms with Crippen molar-refractivity contribution in [1.29, 1.82) is 0 Å². The van der Waals surface area contributed by atoms with E-state index in [0.717, 1.165) is 18.3 Å². The van der Waals surface area contributed by atoms with E-state index in [1.165, 1.54) is 19.3 Å². The lowest BCUT2D eigenvalue weighted by atomic mass is 9.72. The number of aliphatic hydroxyl groups is 1. The lowest BCUT2D eigenvalue weighted by molar-refractivity contribution is 0.0201. The van der Waals surface area contributed by atoms with Crippen LogP contribution >= 0.6 is 0 Å². The number of aliphatic hydroxyl groups excluding tert-OH is 1. The second kappa shape index (κ2) is 2.38. The van der Waals surface area contributed by atoms with E-state index in [0.29, 0.717) is 5.92 Å². The van der Waals surface area contributed by atoms with Gasteiger partial charge in [-0.15, -0.1) is 0 Å². The zero-order chi connectivity index (χ0) is 9.05. The monoisotopic (exact) mass is 178 g/mol. The van der Waals surface area contributed by atoms with E-state index < -0.39 is 0 Å². The van der Waals surface area contributed by atoms with Crippen molar-refractivity contribution in [2.45, 2.75) is 38.7 Å². The van der Waals surface area contributed by atoms with Gasteiger partial charge >= 0.3 is 0 Å². The zero-order valence-electron chi connectivity index (χ0n) is 8.24. The first-order valence-electron chi connectivity index (χ1n) is 5.58. The number of fused-ring (bicyclic) bond motifs is 5. The molecule has 3 aliphatic carbocycles. The smallest absolute Gasteiger partial charge is 0.0664 e. The lowest BCUT2D eigenvalue weighted by Gasteiger charge is -2.35. The first-order chi connectivity index (χ1) is 6.23. The number of hydrogen-bond acceptors (Lipinski definition) is 1. The minimum Gasteiger partial charge on any atom is -0.392 e. The maximum Gasteiger partial charge on any atom is 0.0664 e. The molecule has 1 unspecified atom stereocenters. The highest BCUT2D eigenvalue weighted by Crippen LogP contribution is 2.61. The summed E-state index contributed by atoms with van der Waals surface area (Å²) in [5, 5.41) is 10.2. The zero-order valence-corrected chi connectivity index (χ0v) is 8.24. The summed E-state index contributed by atoms with van der Waals surface area (Å²) in [6, 6.07) is 0. The third-order valence-electron chi connectivity index (χ3n) is 4.87. The predicted octanol–water partition coefficient (Wildman–Crippen LogP) is 2.36. The molecule has 2 fully saturated rings. The molecule has 1 nitrogen and oxygen atoms in total. The van der Waals surface area contributed by atoms with Crippen LogP contribution in [0.2, 0.25) is 0 Å². The molecule has 3 aliphatic rings. The molecule has 5 atom stereocenters. The Labute approximate surface area is 79.8 Å². The third-order valence-corrected chi connectivity index (χ3v) is 4.87. The van der Waals surface area contributed by atoms with Crippen molar-refractivity contribution in [2.75, 3.05) is 0 Å². The van der Waals surface area contributed by atoms with E-state index >= 15 is 0 Å². The number of hydrogen-bond donors (Lipinski definition) is 1. The molecule has 0 heterocycles. The summed E-state index contributed by atoms with van der Waals surface area (Å²) in [4.78, 5) is 0. The molecule has 0 saturated heterocycles. The molecule has 0 aromatic carbocycles. The molecular weight excluding hydrogens is 160 g/mol. The van der Waals surface area contributed by atoms with Crippen LogP contribution in [-0.2, 0) is 0 Å². The second-order valence-corrected chi connectivity index (χ2v) is 5.36. The molecule has 1 heteroatoms. The third kappa shape index (κ3) is 0.817. The molecule has 3 rings (SSSR count). The van der Waals surface area contributed by atoms with Gasteiger partial charge in [0.15, 0.2) is 0 Å². The van der Waals surface area contributed by atoms with Crippen molar-refractivity contribution >= 4 is 0 Å². The SMILES string of the molecule is C[C@@]12CC=C[C@@H](C1O)[C@@H]1CCC[C@@H]12. The summed E-state index contributed by atoms with van der Waals surface area (Å²) in [6.07, 6.45) is 9.74. The fourth-order valence-electron chi connectivity index (χ4n) is 4.16. The summed E-state index contributed by atoms with van der Waals surface area (Å²) >= 11 is 0. The van der Waals surface area contributed by atoms with E-state index in [-0.39, 0.29) is 11.5 Å². The molecule has 0 aromatic heterocycles. The van der Waals surface area contributed by atoms with Gasteiger partial charge in [-0.2, -0.15) is 0 Å². The van der Waals surface area contributed by atoms with E-state index in [4.69, 9.17) is 0 Å². The van der Waals surface area contributed by atoms with Crippen LogP contribution < -0.4 is 0 Å². The van der Waals surface area contributed by atoms with Crippen molar-refractivity contribution in [3.8, 4) is 0 Å².